The van der Waals surface area contributed by atoms with E-state index in [9.17, 15) is 4.79 Å². The monoisotopic (exact) mass is 350 g/mol. The van der Waals surface area contributed by atoms with Gasteiger partial charge in [-0.05, 0) is 24.6 Å². The molecule has 0 spiro atoms. The molecule has 3 aromatic rings. The van der Waals surface area contributed by atoms with E-state index in [1.165, 1.54) is 5.56 Å². The summed E-state index contributed by atoms with van der Waals surface area (Å²) in [5, 5.41) is 2.92. The molecular formula is C21H22N2O3. The number of rotatable bonds is 7. The van der Waals surface area contributed by atoms with Crippen molar-refractivity contribution < 1.29 is 13.9 Å². The number of carbonyl (C=O) groups is 1. The molecule has 2 aromatic carbocycles. The van der Waals surface area contributed by atoms with Gasteiger partial charge >= 0.3 is 0 Å². The van der Waals surface area contributed by atoms with Crippen LogP contribution in [0.4, 0.5) is 0 Å². The number of hydrogen-bond donors (Lipinski definition) is 1. The number of benzene rings is 2. The Morgan fingerprint density at radius 2 is 2.00 bits per heavy atom. The highest BCUT2D eigenvalue weighted by Gasteiger charge is 2.09. The number of nitrogens with one attached hydrogen (secondary N) is 1. The van der Waals surface area contributed by atoms with Gasteiger partial charge in [-0.1, -0.05) is 42.0 Å². The van der Waals surface area contributed by atoms with E-state index in [0.717, 1.165) is 16.9 Å². The van der Waals surface area contributed by atoms with Crippen LogP contribution in [0.1, 0.15) is 23.4 Å². The molecule has 0 bridgehead atoms. The molecule has 0 aliphatic rings. The Labute approximate surface area is 153 Å². The quantitative estimate of drug-likeness (QED) is 0.702. The van der Waals surface area contributed by atoms with Crippen molar-refractivity contribution in [1.82, 2.24) is 10.3 Å². The number of hydrogen-bond acceptors (Lipinski definition) is 4. The lowest BCUT2D eigenvalue weighted by atomic mass is 10.1. The summed E-state index contributed by atoms with van der Waals surface area (Å²) in [6.45, 7) is 2.57. The van der Waals surface area contributed by atoms with Crippen molar-refractivity contribution in [3.63, 3.8) is 0 Å². The maximum absolute atomic E-state index is 12.0. The highest BCUT2D eigenvalue weighted by molar-refractivity contribution is 5.76. The molecule has 1 aromatic heterocycles. The van der Waals surface area contributed by atoms with Crippen molar-refractivity contribution in [3.05, 3.63) is 71.7 Å². The molecular weight excluding hydrogens is 328 g/mol. The molecule has 26 heavy (non-hydrogen) atoms. The van der Waals surface area contributed by atoms with E-state index >= 15 is 0 Å². The zero-order valence-corrected chi connectivity index (χ0v) is 15.0. The summed E-state index contributed by atoms with van der Waals surface area (Å²) in [6.07, 6.45) is 2.47. The van der Waals surface area contributed by atoms with Gasteiger partial charge in [-0.2, -0.15) is 0 Å². The fraction of sp³-hybridized carbons (Fsp3) is 0.238. The summed E-state index contributed by atoms with van der Waals surface area (Å²) in [5.41, 5.74) is 3.18. The maximum Gasteiger partial charge on any atom is 0.220 e. The average molecular weight is 350 g/mol. The Hall–Kier alpha value is -3.08. The van der Waals surface area contributed by atoms with E-state index in [1.807, 2.05) is 55.5 Å². The Balaban J connectivity index is 1.51. The second-order valence-corrected chi connectivity index (χ2v) is 6.11. The predicted molar refractivity (Wildman–Crippen MR) is 99.8 cm³/mol. The van der Waals surface area contributed by atoms with Gasteiger partial charge in [-0.3, -0.25) is 4.79 Å². The SMILES string of the molecule is COc1cccc(-c2cnc(CCC(=O)NCc3ccc(C)cc3)o2)c1. The maximum atomic E-state index is 12.0. The zero-order valence-electron chi connectivity index (χ0n) is 15.0. The highest BCUT2D eigenvalue weighted by atomic mass is 16.5. The van der Waals surface area contributed by atoms with Crippen LogP contribution >= 0.6 is 0 Å². The first kappa shape index (κ1) is 17.7. The molecule has 0 atom stereocenters. The van der Waals surface area contributed by atoms with Gasteiger partial charge in [0.05, 0.1) is 13.3 Å². The Bertz CT molecular complexity index is 869. The van der Waals surface area contributed by atoms with Crippen molar-refractivity contribution in [3.8, 4) is 17.1 Å². The van der Waals surface area contributed by atoms with Gasteiger partial charge in [0.1, 0.15) is 5.75 Å². The topological polar surface area (TPSA) is 64.4 Å². The third-order valence-corrected chi connectivity index (χ3v) is 4.08. The van der Waals surface area contributed by atoms with Crippen LogP contribution in [0.25, 0.3) is 11.3 Å². The van der Waals surface area contributed by atoms with Crippen LogP contribution in [-0.2, 0) is 17.8 Å². The standard InChI is InChI=1S/C21H22N2O3/c1-15-6-8-16(9-7-15)13-22-20(24)10-11-21-23-14-19(26-21)17-4-3-5-18(12-17)25-2/h3-9,12,14H,10-11,13H2,1-2H3,(H,22,24). The number of amides is 1. The number of methoxy groups -OCH3 is 1. The molecule has 3 rings (SSSR count). The van der Waals surface area contributed by atoms with Gasteiger partial charge in [-0.25, -0.2) is 4.98 Å². The van der Waals surface area contributed by atoms with Crippen LogP contribution in [0.5, 0.6) is 5.75 Å². The van der Waals surface area contributed by atoms with Crippen LogP contribution < -0.4 is 10.1 Å². The molecule has 5 nitrogen and oxygen atoms in total. The van der Waals surface area contributed by atoms with Gasteiger partial charge in [0, 0.05) is 24.9 Å². The van der Waals surface area contributed by atoms with Gasteiger partial charge in [0.25, 0.3) is 0 Å². The number of ether oxygens (including phenoxy) is 1. The van der Waals surface area contributed by atoms with Gasteiger partial charge < -0.3 is 14.5 Å². The minimum atomic E-state index is -0.0216. The first-order valence-corrected chi connectivity index (χ1v) is 8.55. The van der Waals surface area contributed by atoms with Crippen LogP contribution in [0.2, 0.25) is 0 Å². The van der Waals surface area contributed by atoms with Crippen molar-refractivity contribution >= 4 is 5.91 Å². The van der Waals surface area contributed by atoms with Crippen LogP contribution in [-0.4, -0.2) is 18.0 Å². The summed E-state index contributed by atoms with van der Waals surface area (Å²) >= 11 is 0. The van der Waals surface area contributed by atoms with E-state index < -0.39 is 0 Å². The molecule has 134 valence electrons. The van der Waals surface area contributed by atoms with E-state index in [-0.39, 0.29) is 5.91 Å². The average Bonchev–Trinajstić information content (AvgIpc) is 3.15. The van der Waals surface area contributed by atoms with Crippen molar-refractivity contribution in [2.45, 2.75) is 26.3 Å². The van der Waals surface area contributed by atoms with Gasteiger partial charge in [0.2, 0.25) is 5.91 Å². The fourth-order valence-electron chi connectivity index (χ4n) is 2.55. The van der Waals surface area contributed by atoms with E-state index in [4.69, 9.17) is 9.15 Å². The molecule has 5 heteroatoms. The summed E-state index contributed by atoms with van der Waals surface area (Å²) in [4.78, 5) is 16.3. The largest absolute Gasteiger partial charge is 0.497 e. The molecule has 0 aliphatic heterocycles. The fourth-order valence-corrected chi connectivity index (χ4v) is 2.55. The molecule has 1 N–H and O–H groups in total. The first-order chi connectivity index (χ1) is 12.6. The molecule has 1 amide bonds. The predicted octanol–water partition coefficient (Wildman–Crippen LogP) is 3.91. The second-order valence-electron chi connectivity index (χ2n) is 6.11. The van der Waals surface area contributed by atoms with E-state index in [2.05, 4.69) is 10.3 Å². The van der Waals surface area contributed by atoms with Gasteiger partial charge in [-0.15, -0.1) is 0 Å². The molecule has 0 aliphatic carbocycles. The van der Waals surface area contributed by atoms with Crippen LogP contribution in [0.15, 0.2) is 59.1 Å². The lowest BCUT2D eigenvalue weighted by Crippen LogP contribution is -2.23. The second kappa shape index (κ2) is 8.34. The molecule has 0 radical (unpaired) electrons. The summed E-state index contributed by atoms with van der Waals surface area (Å²) < 4.78 is 11.0. The lowest BCUT2D eigenvalue weighted by molar-refractivity contribution is -0.121. The van der Waals surface area contributed by atoms with Crippen LogP contribution in [0, 0.1) is 6.92 Å². The molecule has 0 saturated heterocycles. The molecule has 1 heterocycles. The zero-order chi connectivity index (χ0) is 18.4. The number of oxazole rings is 1. The van der Waals surface area contributed by atoms with Crippen molar-refractivity contribution in [1.29, 1.82) is 0 Å². The lowest BCUT2D eigenvalue weighted by Gasteiger charge is -2.05. The number of aryl methyl sites for hydroxylation is 2. The molecule has 0 saturated carbocycles. The number of aromatic nitrogens is 1. The number of nitrogens with zero attached hydrogens (tertiary/aromatic N) is 1. The Morgan fingerprint density at radius 1 is 1.19 bits per heavy atom. The minimum absolute atomic E-state index is 0.0216. The smallest absolute Gasteiger partial charge is 0.220 e. The van der Waals surface area contributed by atoms with Crippen LogP contribution in [0.3, 0.4) is 0 Å². The summed E-state index contributed by atoms with van der Waals surface area (Å²) in [6, 6.07) is 15.7. The molecule has 0 fully saturated rings. The van der Waals surface area contributed by atoms with Crippen molar-refractivity contribution in [2.75, 3.05) is 7.11 Å². The highest BCUT2D eigenvalue weighted by Crippen LogP contribution is 2.24. The summed E-state index contributed by atoms with van der Waals surface area (Å²) in [7, 11) is 1.63. The Morgan fingerprint density at radius 3 is 2.77 bits per heavy atom. The number of carbonyl (C=O) groups excluding carboxylic acids is 1. The third kappa shape index (κ3) is 4.72. The molecule has 0 unspecified atom stereocenters. The normalized spacial score (nSPS) is 10.5. The van der Waals surface area contributed by atoms with Crippen molar-refractivity contribution in [2.24, 2.45) is 0 Å². The van der Waals surface area contributed by atoms with E-state index in [0.29, 0.717) is 31.0 Å². The van der Waals surface area contributed by atoms with Gasteiger partial charge in [0.15, 0.2) is 11.7 Å². The van der Waals surface area contributed by atoms with E-state index in [1.54, 1.807) is 13.3 Å². The third-order valence-electron chi connectivity index (χ3n) is 4.08. The minimum Gasteiger partial charge on any atom is -0.497 e. The first-order valence-electron chi connectivity index (χ1n) is 8.55. The summed E-state index contributed by atoms with van der Waals surface area (Å²) in [5.74, 6) is 1.95. The Kier molecular flexibility index (Phi) is 5.69.